The number of carbonyl (C=O) groups is 1. The Labute approximate surface area is 153 Å². The summed E-state index contributed by atoms with van der Waals surface area (Å²) in [6.07, 6.45) is 3.45. The van der Waals surface area contributed by atoms with Crippen LogP contribution in [-0.2, 0) is 6.54 Å². The van der Waals surface area contributed by atoms with Crippen LogP contribution in [0.1, 0.15) is 40.8 Å². The van der Waals surface area contributed by atoms with Gasteiger partial charge in [0, 0.05) is 6.54 Å². The van der Waals surface area contributed by atoms with Crippen LogP contribution in [-0.4, -0.2) is 37.0 Å². The zero-order valence-electron chi connectivity index (χ0n) is 13.7. The van der Waals surface area contributed by atoms with Crippen molar-refractivity contribution in [1.29, 1.82) is 0 Å². The number of nitrogens with two attached hydrogens (primary N) is 1. The van der Waals surface area contributed by atoms with Crippen molar-refractivity contribution in [2.75, 3.05) is 6.54 Å². The lowest BCUT2D eigenvalue weighted by Crippen LogP contribution is -2.29. The molecule has 2 aliphatic rings. The molecular formula is C17H15ClN6O2. The van der Waals surface area contributed by atoms with Crippen LogP contribution in [0.3, 0.4) is 0 Å². The Balaban J connectivity index is 1.78. The smallest absolute Gasteiger partial charge is 0.258 e. The average Bonchev–Trinajstić information content (AvgIpc) is 3.37. The molecule has 1 saturated heterocycles. The number of halogens is 1. The number of imidazole rings is 1. The second-order valence-corrected chi connectivity index (χ2v) is 6.76. The molecule has 1 fully saturated rings. The van der Waals surface area contributed by atoms with Gasteiger partial charge in [-0.25, -0.2) is 4.98 Å². The fraction of sp³-hybridized carbons (Fsp3) is 0.294. The number of fused-ring (bicyclic) bond motifs is 5. The standard InChI is InChI=1S/C17H15ClN6O2/c18-9-3-1-4-10-13(9)17(25)23-6-2-5-11(23)15-14(20-8-24(10)15)16-21-12(7-19)26-22-16/h1,3-4,8,11H,2,5-7,19H2/t11-/m0/s1. The van der Waals surface area contributed by atoms with Crippen LogP contribution in [0, 0.1) is 0 Å². The third-order valence-corrected chi connectivity index (χ3v) is 5.27. The first-order valence-corrected chi connectivity index (χ1v) is 8.77. The molecule has 0 bridgehead atoms. The van der Waals surface area contributed by atoms with Gasteiger partial charge in [0.2, 0.25) is 11.7 Å². The van der Waals surface area contributed by atoms with Gasteiger partial charge in [0.15, 0.2) is 0 Å². The van der Waals surface area contributed by atoms with Gasteiger partial charge in [-0.2, -0.15) is 4.98 Å². The molecule has 2 N–H and O–H groups in total. The van der Waals surface area contributed by atoms with E-state index in [-0.39, 0.29) is 18.5 Å². The van der Waals surface area contributed by atoms with Crippen LogP contribution in [0.15, 0.2) is 29.0 Å². The van der Waals surface area contributed by atoms with E-state index in [4.69, 9.17) is 21.9 Å². The Morgan fingerprint density at radius 3 is 3.08 bits per heavy atom. The number of nitrogens with zero attached hydrogens (tertiary/aromatic N) is 5. The van der Waals surface area contributed by atoms with Crippen molar-refractivity contribution in [3.05, 3.63) is 46.7 Å². The molecule has 0 spiro atoms. The predicted molar refractivity (Wildman–Crippen MR) is 92.8 cm³/mol. The molecule has 2 aliphatic heterocycles. The molecule has 5 rings (SSSR count). The van der Waals surface area contributed by atoms with Crippen molar-refractivity contribution in [3.8, 4) is 17.2 Å². The van der Waals surface area contributed by atoms with E-state index in [1.54, 1.807) is 12.4 Å². The first kappa shape index (κ1) is 15.5. The predicted octanol–water partition coefficient (Wildman–Crippen LogP) is 2.33. The maximum Gasteiger partial charge on any atom is 0.258 e. The van der Waals surface area contributed by atoms with Crippen LogP contribution in [0.25, 0.3) is 17.2 Å². The summed E-state index contributed by atoms with van der Waals surface area (Å²) < 4.78 is 7.06. The Bertz CT molecular complexity index is 1030. The molecule has 1 aromatic carbocycles. The van der Waals surface area contributed by atoms with Crippen LogP contribution >= 0.6 is 11.6 Å². The van der Waals surface area contributed by atoms with Gasteiger partial charge in [0.1, 0.15) is 12.0 Å². The highest BCUT2D eigenvalue weighted by Crippen LogP contribution is 2.43. The van der Waals surface area contributed by atoms with Crippen molar-refractivity contribution >= 4 is 17.5 Å². The van der Waals surface area contributed by atoms with Gasteiger partial charge in [0.25, 0.3) is 5.91 Å². The second-order valence-electron chi connectivity index (χ2n) is 6.35. The third-order valence-electron chi connectivity index (χ3n) is 4.95. The van der Waals surface area contributed by atoms with Gasteiger partial charge < -0.3 is 15.2 Å². The number of hydrogen-bond acceptors (Lipinski definition) is 6. The SMILES string of the molecule is NCc1nc(-c2ncn3c2[C@@H]2CCCN2C(=O)c2c(Cl)cccc2-3)no1. The van der Waals surface area contributed by atoms with Gasteiger partial charge in [-0.3, -0.25) is 9.36 Å². The quantitative estimate of drug-likeness (QED) is 0.742. The van der Waals surface area contributed by atoms with E-state index in [0.29, 0.717) is 40.2 Å². The molecular weight excluding hydrogens is 356 g/mol. The summed E-state index contributed by atoms with van der Waals surface area (Å²) in [5, 5.41) is 4.44. The second kappa shape index (κ2) is 5.65. The number of aromatic nitrogens is 4. The van der Waals surface area contributed by atoms with Gasteiger partial charge >= 0.3 is 0 Å². The van der Waals surface area contributed by atoms with Gasteiger partial charge in [-0.1, -0.05) is 22.8 Å². The summed E-state index contributed by atoms with van der Waals surface area (Å²) in [4.78, 5) is 23.8. The van der Waals surface area contributed by atoms with Gasteiger partial charge in [-0.05, 0) is 25.0 Å². The third kappa shape index (κ3) is 2.06. The summed E-state index contributed by atoms with van der Waals surface area (Å²) in [6, 6.07) is 5.33. The minimum atomic E-state index is -0.108. The molecule has 9 heteroatoms. The van der Waals surface area contributed by atoms with E-state index in [1.807, 2.05) is 21.6 Å². The van der Waals surface area contributed by atoms with Crippen LogP contribution in [0.2, 0.25) is 5.02 Å². The summed E-state index contributed by atoms with van der Waals surface area (Å²) in [6.45, 7) is 0.842. The van der Waals surface area contributed by atoms with E-state index in [1.165, 1.54) is 0 Å². The zero-order chi connectivity index (χ0) is 17.8. The molecule has 0 saturated carbocycles. The molecule has 132 valence electrons. The maximum atomic E-state index is 13.1. The largest absolute Gasteiger partial charge is 0.338 e. The molecule has 26 heavy (non-hydrogen) atoms. The number of carbonyl (C=O) groups excluding carboxylic acids is 1. The van der Waals surface area contributed by atoms with Crippen molar-refractivity contribution in [1.82, 2.24) is 24.6 Å². The normalized spacial score (nSPS) is 18.5. The molecule has 3 aromatic rings. The molecule has 1 amide bonds. The maximum absolute atomic E-state index is 13.1. The zero-order valence-corrected chi connectivity index (χ0v) is 14.5. The van der Waals surface area contributed by atoms with Crippen molar-refractivity contribution in [3.63, 3.8) is 0 Å². The fourth-order valence-corrected chi connectivity index (χ4v) is 4.09. The minimum absolute atomic E-state index is 0.0569. The summed E-state index contributed by atoms with van der Waals surface area (Å²) in [7, 11) is 0. The highest BCUT2D eigenvalue weighted by Gasteiger charge is 2.40. The summed E-state index contributed by atoms with van der Waals surface area (Å²) in [5.74, 6) is 0.667. The lowest BCUT2D eigenvalue weighted by molar-refractivity contribution is 0.0739. The molecule has 0 unspecified atom stereocenters. The highest BCUT2D eigenvalue weighted by molar-refractivity contribution is 6.34. The lowest BCUT2D eigenvalue weighted by Gasteiger charge is -2.22. The molecule has 0 aliphatic carbocycles. The molecule has 0 radical (unpaired) electrons. The Morgan fingerprint density at radius 2 is 2.27 bits per heavy atom. The monoisotopic (exact) mass is 370 g/mol. The van der Waals surface area contributed by atoms with Crippen LogP contribution < -0.4 is 5.73 Å². The molecule has 8 nitrogen and oxygen atoms in total. The Hall–Kier alpha value is -2.71. The van der Waals surface area contributed by atoms with E-state index in [9.17, 15) is 4.79 Å². The highest BCUT2D eigenvalue weighted by atomic mass is 35.5. The van der Waals surface area contributed by atoms with Crippen LogP contribution in [0.4, 0.5) is 0 Å². The van der Waals surface area contributed by atoms with E-state index >= 15 is 0 Å². The number of benzene rings is 1. The van der Waals surface area contributed by atoms with E-state index in [0.717, 1.165) is 18.5 Å². The van der Waals surface area contributed by atoms with Crippen LogP contribution in [0.5, 0.6) is 0 Å². The average molecular weight is 371 g/mol. The van der Waals surface area contributed by atoms with Crippen molar-refractivity contribution in [2.45, 2.75) is 25.4 Å². The number of rotatable bonds is 2. The fourth-order valence-electron chi connectivity index (χ4n) is 3.84. The first-order valence-electron chi connectivity index (χ1n) is 8.39. The number of amides is 1. The van der Waals surface area contributed by atoms with Gasteiger partial charge in [0.05, 0.1) is 34.6 Å². The summed E-state index contributed by atoms with van der Waals surface area (Å²) >= 11 is 6.38. The topological polar surface area (TPSA) is 103 Å². The minimum Gasteiger partial charge on any atom is -0.338 e. The Morgan fingerprint density at radius 1 is 1.38 bits per heavy atom. The lowest BCUT2D eigenvalue weighted by atomic mass is 10.1. The summed E-state index contributed by atoms with van der Waals surface area (Å²) in [5.41, 5.74) is 8.27. The van der Waals surface area contributed by atoms with E-state index in [2.05, 4.69) is 15.1 Å². The van der Waals surface area contributed by atoms with Crippen molar-refractivity contribution in [2.24, 2.45) is 5.73 Å². The van der Waals surface area contributed by atoms with Crippen molar-refractivity contribution < 1.29 is 9.32 Å². The van der Waals surface area contributed by atoms with Gasteiger partial charge in [-0.15, -0.1) is 0 Å². The first-order chi connectivity index (χ1) is 12.7. The number of hydrogen-bond donors (Lipinski definition) is 1. The molecule has 4 heterocycles. The molecule has 1 atom stereocenters. The molecule has 2 aromatic heterocycles. The van der Waals surface area contributed by atoms with E-state index < -0.39 is 0 Å². The Kier molecular flexibility index (Phi) is 3.38.